The molecule has 1 aliphatic carbocycles. The van der Waals surface area contributed by atoms with E-state index in [1.54, 1.807) is 12.1 Å². The van der Waals surface area contributed by atoms with Gasteiger partial charge in [-0.3, -0.25) is 4.79 Å². The molecule has 1 heterocycles. The van der Waals surface area contributed by atoms with Crippen LogP contribution in [0.25, 0.3) is 0 Å². The third-order valence-corrected chi connectivity index (χ3v) is 4.53. The number of furan rings is 1. The number of nitrogens with two attached hydrogens (primary N) is 1. The number of nitrogens with one attached hydrogen (secondary N) is 2. The Hall–Kier alpha value is -1.25. The van der Waals surface area contributed by atoms with Crippen molar-refractivity contribution in [2.75, 3.05) is 6.54 Å². The number of hydrogen-bond donors (Lipinski definition) is 3. The minimum Gasteiger partial charge on any atom is -0.454 e. The summed E-state index contributed by atoms with van der Waals surface area (Å²) < 4.78 is 5.37. The van der Waals surface area contributed by atoms with Gasteiger partial charge in [0.1, 0.15) is 12.3 Å². The van der Waals surface area contributed by atoms with Crippen LogP contribution in [0.1, 0.15) is 68.7 Å². The number of aliphatic imine (C=N–C) groups is 1. The second kappa shape index (κ2) is 11.4. The van der Waals surface area contributed by atoms with Crippen LogP contribution in [-0.4, -0.2) is 24.5 Å². The van der Waals surface area contributed by atoms with Crippen LogP contribution in [0.2, 0.25) is 0 Å². The molecule has 0 radical (unpaired) electrons. The van der Waals surface area contributed by atoms with Crippen LogP contribution in [0.3, 0.4) is 0 Å². The van der Waals surface area contributed by atoms with Crippen molar-refractivity contribution in [2.24, 2.45) is 16.6 Å². The molecule has 2 rings (SSSR count). The standard InChI is InChI=1S/C18H30N4O2.HI/c1-3-5-13-6-8-14(9-7-13)22-18(20-4-2)21-12-15-10-11-16(24-15)17(19)23;/h10-11,13-14H,3-9,12H2,1-2H3,(H2,19,23)(H2,20,21,22);1H. The van der Waals surface area contributed by atoms with Gasteiger partial charge in [0.2, 0.25) is 0 Å². The molecular formula is C18H31IN4O2. The Morgan fingerprint density at radius 1 is 1.28 bits per heavy atom. The van der Waals surface area contributed by atoms with Crippen molar-refractivity contribution in [3.63, 3.8) is 0 Å². The quantitative estimate of drug-likeness (QED) is 0.329. The van der Waals surface area contributed by atoms with E-state index in [9.17, 15) is 4.79 Å². The molecule has 0 unspecified atom stereocenters. The van der Waals surface area contributed by atoms with Gasteiger partial charge in [-0.15, -0.1) is 24.0 Å². The number of halogens is 1. The number of carbonyl (C=O) groups is 1. The molecule has 6 nitrogen and oxygen atoms in total. The van der Waals surface area contributed by atoms with E-state index < -0.39 is 5.91 Å². The molecule has 142 valence electrons. The first-order valence-electron chi connectivity index (χ1n) is 9.05. The van der Waals surface area contributed by atoms with Crippen molar-refractivity contribution in [2.45, 2.75) is 65.0 Å². The first-order chi connectivity index (χ1) is 11.6. The number of amides is 1. The maximum absolute atomic E-state index is 11.1. The van der Waals surface area contributed by atoms with Crippen LogP contribution in [0.4, 0.5) is 0 Å². The van der Waals surface area contributed by atoms with Gasteiger partial charge < -0.3 is 20.8 Å². The van der Waals surface area contributed by atoms with Gasteiger partial charge in [0.05, 0.1) is 0 Å². The molecule has 0 spiro atoms. The predicted molar refractivity (Wildman–Crippen MR) is 111 cm³/mol. The first kappa shape index (κ1) is 21.8. The topological polar surface area (TPSA) is 92.6 Å². The van der Waals surface area contributed by atoms with E-state index in [1.807, 2.05) is 6.92 Å². The van der Waals surface area contributed by atoms with E-state index in [-0.39, 0.29) is 29.7 Å². The highest BCUT2D eigenvalue weighted by Gasteiger charge is 2.21. The predicted octanol–water partition coefficient (Wildman–Crippen LogP) is 3.41. The normalized spacial score (nSPS) is 20.6. The van der Waals surface area contributed by atoms with E-state index in [4.69, 9.17) is 10.2 Å². The molecule has 7 heteroatoms. The van der Waals surface area contributed by atoms with Gasteiger partial charge in [-0.25, -0.2) is 4.99 Å². The van der Waals surface area contributed by atoms with Crippen LogP contribution < -0.4 is 16.4 Å². The Balaban J connectivity index is 0.00000312. The molecule has 0 saturated heterocycles. The van der Waals surface area contributed by atoms with E-state index >= 15 is 0 Å². The molecule has 1 aromatic rings. The zero-order valence-electron chi connectivity index (χ0n) is 15.2. The summed E-state index contributed by atoms with van der Waals surface area (Å²) in [5, 5.41) is 6.80. The fourth-order valence-corrected chi connectivity index (χ4v) is 3.27. The summed E-state index contributed by atoms with van der Waals surface area (Å²) in [6.45, 7) is 5.50. The Morgan fingerprint density at radius 3 is 2.56 bits per heavy atom. The summed E-state index contributed by atoms with van der Waals surface area (Å²) in [6.07, 6.45) is 7.62. The molecule has 1 aliphatic rings. The highest BCUT2D eigenvalue weighted by atomic mass is 127. The second-order valence-corrected chi connectivity index (χ2v) is 6.48. The average Bonchev–Trinajstić information content (AvgIpc) is 3.04. The molecule has 4 N–H and O–H groups in total. The average molecular weight is 462 g/mol. The number of rotatable bonds is 7. The van der Waals surface area contributed by atoms with E-state index in [1.165, 1.54) is 38.5 Å². The minimum absolute atomic E-state index is 0. The summed E-state index contributed by atoms with van der Waals surface area (Å²) in [5.41, 5.74) is 5.19. The lowest BCUT2D eigenvalue weighted by molar-refractivity contribution is 0.0972. The van der Waals surface area contributed by atoms with Crippen LogP contribution in [0.5, 0.6) is 0 Å². The molecule has 0 bridgehead atoms. The van der Waals surface area contributed by atoms with Gasteiger partial charge in [0.15, 0.2) is 11.7 Å². The number of nitrogens with zero attached hydrogens (tertiary/aromatic N) is 1. The van der Waals surface area contributed by atoms with Crippen molar-refractivity contribution in [1.82, 2.24) is 10.6 Å². The second-order valence-electron chi connectivity index (χ2n) is 6.48. The number of primary amides is 1. The first-order valence-corrected chi connectivity index (χ1v) is 9.05. The SMILES string of the molecule is CCCC1CCC(NC(=NCc2ccc(C(N)=O)o2)NCC)CC1.I. The third-order valence-electron chi connectivity index (χ3n) is 4.53. The van der Waals surface area contributed by atoms with Gasteiger partial charge >= 0.3 is 0 Å². The molecule has 1 amide bonds. The molecule has 1 fully saturated rings. The number of hydrogen-bond acceptors (Lipinski definition) is 3. The van der Waals surface area contributed by atoms with Crippen LogP contribution in [0.15, 0.2) is 21.5 Å². The lowest BCUT2D eigenvalue weighted by Crippen LogP contribution is -2.44. The lowest BCUT2D eigenvalue weighted by Gasteiger charge is -2.30. The smallest absolute Gasteiger partial charge is 0.284 e. The van der Waals surface area contributed by atoms with Crippen LogP contribution in [-0.2, 0) is 6.54 Å². The fourth-order valence-electron chi connectivity index (χ4n) is 3.27. The lowest BCUT2D eigenvalue weighted by atomic mass is 9.83. The third kappa shape index (κ3) is 7.25. The fraction of sp³-hybridized carbons (Fsp3) is 0.667. The highest BCUT2D eigenvalue weighted by molar-refractivity contribution is 14.0. The highest BCUT2D eigenvalue weighted by Crippen LogP contribution is 2.27. The maximum Gasteiger partial charge on any atom is 0.284 e. The van der Waals surface area contributed by atoms with Crippen molar-refractivity contribution in [3.8, 4) is 0 Å². The molecule has 1 saturated carbocycles. The van der Waals surface area contributed by atoms with Gasteiger partial charge in [0, 0.05) is 12.6 Å². The van der Waals surface area contributed by atoms with Crippen LogP contribution in [0, 0.1) is 5.92 Å². The van der Waals surface area contributed by atoms with Gasteiger partial charge in [-0.1, -0.05) is 19.8 Å². The van der Waals surface area contributed by atoms with Crippen molar-refractivity contribution in [1.29, 1.82) is 0 Å². The largest absolute Gasteiger partial charge is 0.454 e. The van der Waals surface area contributed by atoms with E-state index in [0.717, 1.165) is 18.4 Å². The number of carbonyl (C=O) groups excluding carboxylic acids is 1. The summed E-state index contributed by atoms with van der Waals surface area (Å²) in [4.78, 5) is 15.6. The van der Waals surface area contributed by atoms with Crippen molar-refractivity contribution < 1.29 is 9.21 Å². The molecule has 0 aliphatic heterocycles. The summed E-state index contributed by atoms with van der Waals surface area (Å²) in [6, 6.07) is 3.81. The Kier molecular flexibility index (Phi) is 9.92. The molecule has 0 aromatic carbocycles. The van der Waals surface area contributed by atoms with E-state index in [0.29, 0.717) is 18.3 Å². The Morgan fingerprint density at radius 2 is 2.00 bits per heavy atom. The van der Waals surface area contributed by atoms with Crippen molar-refractivity contribution in [3.05, 3.63) is 23.7 Å². The van der Waals surface area contributed by atoms with E-state index in [2.05, 4.69) is 22.5 Å². The Bertz CT molecular complexity index is 551. The Labute approximate surface area is 167 Å². The summed E-state index contributed by atoms with van der Waals surface area (Å²) in [7, 11) is 0. The summed E-state index contributed by atoms with van der Waals surface area (Å²) >= 11 is 0. The van der Waals surface area contributed by atoms with Gasteiger partial charge in [-0.2, -0.15) is 0 Å². The monoisotopic (exact) mass is 462 g/mol. The minimum atomic E-state index is -0.556. The maximum atomic E-state index is 11.1. The van der Waals surface area contributed by atoms with Crippen LogP contribution >= 0.6 is 24.0 Å². The van der Waals surface area contributed by atoms with Crippen molar-refractivity contribution >= 4 is 35.8 Å². The molecule has 1 aromatic heterocycles. The molecular weight excluding hydrogens is 431 g/mol. The molecule has 25 heavy (non-hydrogen) atoms. The molecule has 0 atom stereocenters. The summed E-state index contributed by atoms with van der Waals surface area (Å²) in [5.74, 6) is 1.94. The van der Waals surface area contributed by atoms with Gasteiger partial charge in [-0.05, 0) is 50.7 Å². The zero-order valence-corrected chi connectivity index (χ0v) is 17.5. The zero-order chi connectivity index (χ0) is 17.4. The van der Waals surface area contributed by atoms with Gasteiger partial charge in [0.25, 0.3) is 5.91 Å². The number of guanidine groups is 1.